The summed E-state index contributed by atoms with van der Waals surface area (Å²) in [4.78, 5) is 21.0. The summed E-state index contributed by atoms with van der Waals surface area (Å²) in [6.45, 7) is 1.99. The first kappa shape index (κ1) is 15.9. The second-order valence-electron chi connectivity index (χ2n) is 6.99. The molecule has 4 aromatic heterocycles. The van der Waals surface area contributed by atoms with Crippen molar-refractivity contribution in [1.82, 2.24) is 24.3 Å². The summed E-state index contributed by atoms with van der Waals surface area (Å²) < 4.78 is 2.07. The molecular weight excluding hydrogens is 336 g/mol. The second kappa shape index (κ2) is 6.16. The Morgan fingerprint density at radius 2 is 1.85 bits per heavy atom. The largest absolute Gasteiger partial charge is 0.341 e. The summed E-state index contributed by atoms with van der Waals surface area (Å²) in [5.74, 6) is 0.754. The fraction of sp³-hybridized carbons (Fsp3) is 0.238. The summed E-state index contributed by atoms with van der Waals surface area (Å²) in [7, 11) is 2.06. The second-order valence-corrected chi connectivity index (χ2v) is 6.99. The van der Waals surface area contributed by atoms with Gasteiger partial charge in [-0.1, -0.05) is 12.1 Å². The molecule has 1 saturated carbocycles. The number of pyridine rings is 2. The molecule has 134 valence electrons. The van der Waals surface area contributed by atoms with Gasteiger partial charge in [0.15, 0.2) is 0 Å². The number of aromatic nitrogens is 5. The van der Waals surface area contributed by atoms with E-state index in [9.17, 15) is 0 Å². The average molecular weight is 356 g/mol. The molecule has 27 heavy (non-hydrogen) atoms. The lowest BCUT2D eigenvalue weighted by Crippen LogP contribution is -2.22. The normalized spacial score (nSPS) is 13.9. The third-order valence-corrected chi connectivity index (χ3v) is 4.96. The third-order valence-electron chi connectivity index (χ3n) is 4.96. The Hall–Kier alpha value is -3.28. The minimum Gasteiger partial charge on any atom is -0.341 e. The van der Waals surface area contributed by atoms with E-state index in [1.807, 2.05) is 61.8 Å². The smallest absolute Gasteiger partial charge is 0.225 e. The maximum absolute atomic E-state index is 4.86. The van der Waals surface area contributed by atoms with Crippen LogP contribution in [0.5, 0.6) is 0 Å². The minimum atomic E-state index is 0.556. The molecule has 0 amide bonds. The number of hydrogen-bond donors (Lipinski definition) is 0. The van der Waals surface area contributed by atoms with Crippen LogP contribution in [0.15, 0.2) is 54.9 Å². The van der Waals surface area contributed by atoms with E-state index in [2.05, 4.69) is 21.3 Å². The van der Waals surface area contributed by atoms with Crippen molar-refractivity contribution in [3.05, 3.63) is 60.6 Å². The van der Waals surface area contributed by atoms with Crippen molar-refractivity contribution >= 4 is 11.6 Å². The van der Waals surface area contributed by atoms with Gasteiger partial charge in [0.25, 0.3) is 0 Å². The van der Waals surface area contributed by atoms with Crippen LogP contribution in [0.1, 0.15) is 18.5 Å². The van der Waals surface area contributed by atoms with E-state index in [1.165, 1.54) is 12.8 Å². The molecule has 0 atom stereocenters. The maximum Gasteiger partial charge on any atom is 0.225 e. The molecule has 4 aromatic rings. The summed E-state index contributed by atoms with van der Waals surface area (Å²) in [5, 5.41) is 0. The van der Waals surface area contributed by atoms with Crippen LogP contribution >= 0.6 is 0 Å². The van der Waals surface area contributed by atoms with Crippen LogP contribution < -0.4 is 4.90 Å². The van der Waals surface area contributed by atoms with Gasteiger partial charge in [0.1, 0.15) is 17.0 Å². The van der Waals surface area contributed by atoms with Gasteiger partial charge in [-0.25, -0.2) is 15.0 Å². The summed E-state index contributed by atoms with van der Waals surface area (Å²) in [5.41, 5.74) is 5.32. The number of anilines is 1. The number of nitrogens with zero attached hydrogens (tertiary/aromatic N) is 6. The molecule has 6 nitrogen and oxygen atoms in total. The van der Waals surface area contributed by atoms with Crippen molar-refractivity contribution < 1.29 is 0 Å². The molecule has 0 radical (unpaired) electrons. The van der Waals surface area contributed by atoms with Crippen molar-refractivity contribution in [2.75, 3.05) is 11.9 Å². The lowest BCUT2D eigenvalue weighted by Gasteiger charge is -2.16. The zero-order valence-corrected chi connectivity index (χ0v) is 15.4. The van der Waals surface area contributed by atoms with Crippen LogP contribution in [0.25, 0.3) is 28.4 Å². The molecule has 0 saturated heterocycles. The monoisotopic (exact) mass is 356 g/mol. The third kappa shape index (κ3) is 2.83. The highest BCUT2D eigenvalue weighted by atomic mass is 15.3. The number of imidazole rings is 1. The van der Waals surface area contributed by atoms with Crippen LogP contribution in [-0.2, 0) is 0 Å². The Kier molecular flexibility index (Phi) is 3.63. The standard InChI is InChI=1S/C21H20N6/c1-14-6-5-7-16(23-14)19-20(27-13-4-3-8-18(27)25-19)17-11-12-22-21(24-17)26(2)15-9-10-15/h3-8,11-13,15H,9-10H2,1-2H3. The van der Waals surface area contributed by atoms with Crippen LogP contribution in [0.4, 0.5) is 5.95 Å². The summed E-state index contributed by atoms with van der Waals surface area (Å²) in [6.07, 6.45) is 6.26. The van der Waals surface area contributed by atoms with Crippen molar-refractivity contribution in [3.8, 4) is 22.8 Å². The Morgan fingerprint density at radius 1 is 0.963 bits per heavy atom. The van der Waals surface area contributed by atoms with Gasteiger partial charge in [-0.05, 0) is 50.1 Å². The summed E-state index contributed by atoms with van der Waals surface area (Å²) >= 11 is 0. The molecule has 0 unspecified atom stereocenters. The molecule has 5 rings (SSSR count). The highest BCUT2D eigenvalue weighted by Gasteiger charge is 2.28. The first-order valence-corrected chi connectivity index (χ1v) is 9.18. The average Bonchev–Trinajstić information content (AvgIpc) is 3.47. The Morgan fingerprint density at radius 3 is 2.67 bits per heavy atom. The quantitative estimate of drug-likeness (QED) is 0.557. The molecule has 0 spiro atoms. The van der Waals surface area contributed by atoms with Gasteiger partial charge in [-0.15, -0.1) is 0 Å². The van der Waals surface area contributed by atoms with Crippen molar-refractivity contribution in [2.24, 2.45) is 0 Å². The molecular formula is C21H20N6. The SMILES string of the molecule is Cc1cccc(-c2nc3ccccn3c2-c2ccnc(N(C)C3CC3)n2)n1. The number of rotatable bonds is 4. The van der Waals surface area contributed by atoms with E-state index in [-0.39, 0.29) is 0 Å². The van der Waals surface area contributed by atoms with Crippen LogP contribution in [0.3, 0.4) is 0 Å². The van der Waals surface area contributed by atoms with Gasteiger partial charge in [-0.3, -0.25) is 9.38 Å². The van der Waals surface area contributed by atoms with E-state index in [0.29, 0.717) is 6.04 Å². The molecule has 0 bridgehead atoms. The fourth-order valence-corrected chi connectivity index (χ4v) is 3.37. The molecule has 1 fully saturated rings. The van der Waals surface area contributed by atoms with Crippen molar-refractivity contribution in [3.63, 3.8) is 0 Å². The van der Waals surface area contributed by atoms with E-state index in [4.69, 9.17) is 15.0 Å². The highest BCUT2D eigenvalue weighted by Crippen LogP contribution is 2.33. The fourth-order valence-electron chi connectivity index (χ4n) is 3.37. The molecule has 1 aliphatic rings. The van der Waals surface area contributed by atoms with Gasteiger partial charge in [0.2, 0.25) is 5.95 Å². The van der Waals surface area contributed by atoms with Gasteiger partial charge >= 0.3 is 0 Å². The maximum atomic E-state index is 4.86. The Balaban J connectivity index is 1.72. The van der Waals surface area contributed by atoms with E-state index >= 15 is 0 Å². The summed E-state index contributed by atoms with van der Waals surface area (Å²) in [6, 6.07) is 14.5. The first-order valence-electron chi connectivity index (χ1n) is 9.18. The molecule has 1 aliphatic carbocycles. The Labute approximate surface area is 157 Å². The van der Waals surface area contributed by atoms with Crippen LogP contribution in [0, 0.1) is 6.92 Å². The van der Waals surface area contributed by atoms with Gasteiger partial charge in [0.05, 0.1) is 11.4 Å². The highest BCUT2D eigenvalue weighted by molar-refractivity contribution is 5.79. The minimum absolute atomic E-state index is 0.556. The molecule has 0 aliphatic heterocycles. The molecule has 4 heterocycles. The van der Waals surface area contributed by atoms with E-state index in [1.54, 1.807) is 0 Å². The van der Waals surface area contributed by atoms with Crippen LogP contribution in [-0.4, -0.2) is 37.4 Å². The zero-order valence-electron chi connectivity index (χ0n) is 15.4. The lowest BCUT2D eigenvalue weighted by atomic mass is 10.1. The van der Waals surface area contributed by atoms with Crippen molar-refractivity contribution in [1.29, 1.82) is 0 Å². The number of hydrogen-bond acceptors (Lipinski definition) is 5. The first-order chi connectivity index (χ1) is 13.2. The van der Waals surface area contributed by atoms with Gasteiger partial charge in [-0.2, -0.15) is 0 Å². The molecule has 0 N–H and O–H groups in total. The predicted octanol–water partition coefficient (Wildman–Crippen LogP) is 3.76. The van der Waals surface area contributed by atoms with Gasteiger partial charge < -0.3 is 4.90 Å². The molecule has 0 aromatic carbocycles. The zero-order chi connectivity index (χ0) is 18.4. The molecule has 6 heteroatoms. The Bertz CT molecular complexity index is 1130. The topological polar surface area (TPSA) is 59.2 Å². The lowest BCUT2D eigenvalue weighted by molar-refractivity contribution is 0.862. The number of fused-ring (bicyclic) bond motifs is 1. The van der Waals surface area contributed by atoms with E-state index < -0.39 is 0 Å². The van der Waals surface area contributed by atoms with E-state index in [0.717, 1.165) is 40.1 Å². The van der Waals surface area contributed by atoms with Crippen LogP contribution in [0.2, 0.25) is 0 Å². The number of aryl methyl sites for hydroxylation is 1. The van der Waals surface area contributed by atoms with Gasteiger partial charge in [0, 0.05) is 31.2 Å². The predicted molar refractivity (Wildman–Crippen MR) is 106 cm³/mol. The van der Waals surface area contributed by atoms with Crippen molar-refractivity contribution in [2.45, 2.75) is 25.8 Å².